The minimum absolute atomic E-state index is 0.0766. The van der Waals surface area contributed by atoms with Gasteiger partial charge in [-0.1, -0.05) is 274 Å². The van der Waals surface area contributed by atoms with E-state index in [9.17, 15) is 15.0 Å². The van der Waals surface area contributed by atoms with Crippen LogP contribution >= 0.6 is 0 Å². The fourth-order valence-corrected chi connectivity index (χ4v) is 8.44. The van der Waals surface area contributed by atoms with Crippen molar-refractivity contribution in [3.63, 3.8) is 0 Å². The van der Waals surface area contributed by atoms with Gasteiger partial charge in [-0.15, -0.1) is 0 Å². The molecule has 1 amide bonds. The minimum atomic E-state index is -0.867. The van der Waals surface area contributed by atoms with Crippen molar-refractivity contribution in [3.05, 3.63) is 60.8 Å². The van der Waals surface area contributed by atoms with Crippen LogP contribution in [0.4, 0.5) is 0 Å². The summed E-state index contributed by atoms with van der Waals surface area (Å²) >= 11 is 0. The molecule has 0 heterocycles. The van der Waals surface area contributed by atoms with Crippen molar-refractivity contribution in [2.45, 2.75) is 302 Å². The molecule has 2 atom stereocenters. The van der Waals surface area contributed by atoms with E-state index in [4.69, 9.17) is 0 Å². The fraction of sp³-hybridized carbons (Fsp3) is 0.814. The summed E-state index contributed by atoms with van der Waals surface area (Å²) < 4.78 is 0. The Bertz CT molecular complexity index is 1040. The zero-order chi connectivity index (χ0) is 45.6. The second kappa shape index (κ2) is 54.4. The first-order valence-corrected chi connectivity index (χ1v) is 28.0. The second-order valence-corrected chi connectivity index (χ2v) is 19.0. The lowest BCUT2D eigenvalue weighted by Crippen LogP contribution is -2.45. The normalized spacial score (nSPS) is 13.3. The van der Waals surface area contributed by atoms with E-state index in [-0.39, 0.29) is 12.5 Å². The van der Waals surface area contributed by atoms with Gasteiger partial charge in [-0.2, -0.15) is 0 Å². The molecule has 0 aromatic heterocycles. The molecule has 0 saturated carbocycles. The van der Waals surface area contributed by atoms with Gasteiger partial charge in [-0.05, 0) is 70.6 Å². The Morgan fingerprint density at radius 3 is 1.03 bits per heavy atom. The van der Waals surface area contributed by atoms with Crippen molar-refractivity contribution in [2.75, 3.05) is 6.61 Å². The summed E-state index contributed by atoms with van der Waals surface area (Å²) in [6.45, 7) is 4.31. The molecular weight excluding hydrogens is 771 g/mol. The van der Waals surface area contributed by atoms with E-state index in [1.165, 1.54) is 225 Å². The number of hydrogen-bond acceptors (Lipinski definition) is 3. The minimum Gasteiger partial charge on any atom is -0.394 e. The van der Waals surface area contributed by atoms with Gasteiger partial charge < -0.3 is 15.5 Å². The average molecular weight is 881 g/mol. The van der Waals surface area contributed by atoms with Gasteiger partial charge in [-0.3, -0.25) is 4.79 Å². The van der Waals surface area contributed by atoms with Gasteiger partial charge >= 0.3 is 0 Å². The van der Waals surface area contributed by atoms with E-state index in [0.717, 1.165) is 44.9 Å². The Morgan fingerprint density at radius 2 is 0.667 bits per heavy atom. The molecule has 0 radical (unpaired) electrons. The largest absolute Gasteiger partial charge is 0.394 e. The molecule has 0 spiro atoms. The first-order chi connectivity index (χ1) is 31.2. The third kappa shape index (κ3) is 50.9. The third-order valence-corrected chi connectivity index (χ3v) is 12.7. The second-order valence-electron chi connectivity index (χ2n) is 19.0. The molecule has 4 heteroatoms. The molecule has 0 fully saturated rings. The van der Waals surface area contributed by atoms with Crippen LogP contribution in [0.1, 0.15) is 290 Å². The van der Waals surface area contributed by atoms with Crippen molar-refractivity contribution < 1.29 is 15.0 Å². The van der Waals surface area contributed by atoms with Crippen molar-refractivity contribution >= 4 is 5.91 Å². The molecule has 2 unspecified atom stereocenters. The Labute approximate surface area is 394 Å². The van der Waals surface area contributed by atoms with Crippen LogP contribution < -0.4 is 5.32 Å². The summed E-state index contributed by atoms with van der Waals surface area (Å²) in [5.74, 6) is -0.0766. The third-order valence-electron chi connectivity index (χ3n) is 12.7. The van der Waals surface area contributed by atoms with E-state index in [1.54, 1.807) is 6.08 Å². The molecule has 0 aromatic carbocycles. The number of allylic oxidation sites excluding steroid dienone is 9. The summed E-state index contributed by atoms with van der Waals surface area (Å²) in [6.07, 6.45) is 76.6. The smallest absolute Gasteiger partial charge is 0.220 e. The highest BCUT2D eigenvalue weighted by atomic mass is 16.3. The topological polar surface area (TPSA) is 69.6 Å². The van der Waals surface area contributed by atoms with Crippen LogP contribution in [-0.2, 0) is 4.79 Å². The fourth-order valence-electron chi connectivity index (χ4n) is 8.44. The van der Waals surface area contributed by atoms with Gasteiger partial charge in [0.05, 0.1) is 18.8 Å². The lowest BCUT2D eigenvalue weighted by Gasteiger charge is -2.19. The molecule has 368 valence electrons. The number of aliphatic hydroxyl groups is 2. The van der Waals surface area contributed by atoms with Crippen LogP contribution in [-0.4, -0.2) is 34.9 Å². The van der Waals surface area contributed by atoms with Crippen LogP contribution in [0.15, 0.2) is 60.8 Å². The molecule has 0 bridgehead atoms. The standard InChI is InChI=1S/C59H109NO3/c1-3-5-7-9-11-13-15-17-19-21-23-25-27-29-31-32-34-36-38-40-42-44-46-48-50-52-54-58(62)57(56-61)60-59(63)55-53-51-49-47-45-43-41-39-37-35-33-30-28-26-24-22-20-18-16-14-12-10-8-6-4-2/h16,18,22,24,28,30,44,46,52,54,57-58,61-62H,3-15,17,19-21,23,25-27,29,31-43,45,47-51,53,55-56H2,1-2H3,(H,60,63)/b18-16-,24-22-,30-28-,46-44+,54-52+. The molecule has 0 aromatic rings. The summed E-state index contributed by atoms with van der Waals surface area (Å²) in [6, 6.07) is -0.645. The Kier molecular flexibility index (Phi) is 52.8. The monoisotopic (exact) mass is 880 g/mol. The van der Waals surface area contributed by atoms with Crippen molar-refractivity contribution in [1.29, 1.82) is 0 Å². The van der Waals surface area contributed by atoms with E-state index >= 15 is 0 Å². The van der Waals surface area contributed by atoms with E-state index in [0.29, 0.717) is 6.42 Å². The van der Waals surface area contributed by atoms with Crippen LogP contribution in [0, 0.1) is 0 Å². The van der Waals surface area contributed by atoms with E-state index < -0.39 is 12.1 Å². The number of amides is 1. The number of rotatable bonds is 51. The number of carbonyl (C=O) groups excluding carboxylic acids is 1. The number of nitrogens with one attached hydrogen (secondary N) is 1. The van der Waals surface area contributed by atoms with Crippen LogP contribution in [0.2, 0.25) is 0 Å². The number of hydrogen-bond donors (Lipinski definition) is 3. The zero-order valence-corrected chi connectivity index (χ0v) is 42.3. The van der Waals surface area contributed by atoms with Gasteiger partial charge in [0.25, 0.3) is 0 Å². The number of carbonyl (C=O) groups is 1. The van der Waals surface area contributed by atoms with Gasteiger partial charge in [0.15, 0.2) is 0 Å². The van der Waals surface area contributed by atoms with Crippen molar-refractivity contribution in [2.24, 2.45) is 0 Å². The Morgan fingerprint density at radius 1 is 0.381 bits per heavy atom. The maximum atomic E-state index is 12.5. The van der Waals surface area contributed by atoms with Gasteiger partial charge in [0.2, 0.25) is 5.91 Å². The summed E-state index contributed by atoms with van der Waals surface area (Å²) in [7, 11) is 0. The maximum absolute atomic E-state index is 12.5. The van der Waals surface area contributed by atoms with Crippen molar-refractivity contribution in [1.82, 2.24) is 5.32 Å². The highest BCUT2D eigenvalue weighted by Gasteiger charge is 2.18. The quantitative estimate of drug-likeness (QED) is 0.0421. The lowest BCUT2D eigenvalue weighted by atomic mass is 10.0. The van der Waals surface area contributed by atoms with Crippen LogP contribution in [0.5, 0.6) is 0 Å². The Hall–Kier alpha value is -1.91. The lowest BCUT2D eigenvalue weighted by molar-refractivity contribution is -0.123. The number of aliphatic hydroxyl groups excluding tert-OH is 2. The molecule has 0 saturated heterocycles. The first kappa shape index (κ1) is 61.1. The highest BCUT2D eigenvalue weighted by molar-refractivity contribution is 5.76. The molecule has 3 N–H and O–H groups in total. The highest BCUT2D eigenvalue weighted by Crippen LogP contribution is 2.16. The average Bonchev–Trinajstić information content (AvgIpc) is 3.29. The predicted molar refractivity (Wildman–Crippen MR) is 281 cm³/mol. The summed E-state index contributed by atoms with van der Waals surface area (Å²) in [5, 5.41) is 23.1. The molecule has 63 heavy (non-hydrogen) atoms. The Balaban J connectivity index is 3.56. The molecular formula is C59H109NO3. The van der Waals surface area contributed by atoms with Gasteiger partial charge in [0.1, 0.15) is 0 Å². The summed E-state index contributed by atoms with van der Waals surface area (Å²) in [4.78, 5) is 12.5. The first-order valence-electron chi connectivity index (χ1n) is 28.0. The zero-order valence-electron chi connectivity index (χ0n) is 42.3. The molecule has 0 aliphatic heterocycles. The van der Waals surface area contributed by atoms with E-state index in [2.05, 4.69) is 67.8 Å². The SMILES string of the molecule is CCCCCCC/C=C\C/C=C\C/C=C\CCCCCCCCCCCCC(=O)NC(CO)C(O)/C=C/CC/C=C/CCCCCCCCCCCCCCCCCCCCCC. The predicted octanol–water partition coefficient (Wildman–Crippen LogP) is 18.4. The summed E-state index contributed by atoms with van der Waals surface area (Å²) in [5.41, 5.74) is 0. The maximum Gasteiger partial charge on any atom is 0.220 e. The molecule has 0 aliphatic carbocycles. The van der Waals surface area contributed by atoms with Gasteiger partial charge in [0, 0.05) is 6.42 Å². The van der Waals surface area contributed by atoms with Crippen LogP contribution in [0.3, 0.4) is 0 Å². The molecule has 4 nitrogen and oxygen atoms in total. The van der Waals surface area contributed by atoms with E-state index in [1.807, 2.05) is 6.08 Å². The van der Waals surface area contributed by atoms with Crippen LogP contribution in [0.25, 0.3) is 0 Å². The van der Waals surface area contributed by atoms with Crippen molar-refractivity contribution in [3.8, 4) is 0 Å². The van der Waals surface area contributed by atoms with Gasteiger partial charge in [-0.25, -0.2) is 0 Å². The molecule has 0 rings (SSSR count). The molecule has 0 aliphatic rings. The number of unbranched alkanes of at least 4 members (excludes halogenated alkanes) is 36.